The fourth-order valence-electron chi connectivity index (χ4n) is 11.4. The SMILES string of the molecule is CCCCCCCCCCCCCCCCCCCCCCCC(=O)O[C@H](COC(=O)CCCCCCCCCCCCCC(C)C)COP(=O)(O)OC[C@@H](O)COP(=O)(O)OC[C@@H](COC(=O)CCCCCCCCC)OC(=O)CCCCCCCCCCC(C)CC. The lowest BCUT2D eigenvalue weighted by atomic mass is 9.99. The number of phosphoric ester groups is 2. The number of carbonyl (C=O) groups is 4. The Morgan fingerprint density at radius 2 is 0.543 bits per heavy atom. The van der Waals surface area contributed by atoms with Gasteiger partial charge in [0.25, 0.3) is 0 Å². The van der Waals surface area contributed by atoms with Crippen LogP contribution in [0, 0.1) is 11.8 Å². The molecule has 558 valence electrons. The number of carbonyl (C=O) groups excluding carboxylic acids is 4. The molecule has 0 radical (unpaired) electrons. The predicted octanol–water partition coefficient (Wildman–Crippen LogP) is 21.9. The maximum absolute atomic E-state index is 13.1. The van der Waals surface area contributed by atoms with Crippen molar-refractivity contribution in [3.63, 3.8) is 0 Å². The first-order valence-electron chi connectivity index (χ1n) is 39.0. The fraction of sp³-hybridized carbons (Fsp3) is 0.947. The highest BCUT2D eigenvalue weighted by Crippen LogP contribution is 2.45. The van der Waals surface area contributed by atoms with Crippen LogP contribution in [0.2, 0.25) is 0 Å². The molecule has 0 aliphatic carbocycles. The average molecular weight is 1380 g/mol. The molecular weight excluding hydrogens is 1230 g/mol. The molecule has 0 saturated heterocycles. The summed E-state index contributed by atoms with van der Waals surface area (Å²) in [5, 5.41) is 10.6. The van der Waals surface area contributed by atoms with Gasteiger partial charge in [-0.1, -0.05) is 337 Å². The van der Waals surface area contributed by atoms with Gasteiger partial charge in [-0.3, -0.25) is 37.3 Å². The number of ether oxygens (including phenoxy) is 4. The zero-order valence-corrected chi connectivity index (χ0v) is 63.1. The Kier molecular flexibility index (Phi) is 65.5. The molecule has 0 spiro atoms. The van der Waals surface area contributed by atoms with E-state index < -0.39 is 97.5 Å². The Balaban J connectivity index is 5.17. The highest BCUT2D eigenvalue weighted by Gasteiger charge is 2.30. The van der Waals surface area contributed by atoms with E-state index in [4.69, 9.17) is 37.0 Å². The largest absolute Gasteiger partial charge is 0.472 e. The molecule has 6 atom stereocenters. The summed E-state index contributed by atoms with van der Waals surface area (Å²) in [4.78, 5) is 72.6. The van der Waals surface area contributed by atoms with Crippen molar-refractivity contribution in [2.75, 3.05) is 39.6 Å². The minimum absolute atomic E-state index is 0.105. The first kappa shape index (κ1) is 92.1. The molecule has 0 heterocycles. The van der Waals surface area contributed by atoms with Crippen LogP contribution in [0.3, 0.4) is 0 Å². The molecule has 0 amide bonds. The number of aliphatic hydroxyl groups excluding tert-OH is 1. The number of aliphatic hydroxyl groups is 1. The Morgan fingerprint density at radius 1 is 0.309 bits per heavy atom. The number of hydrogen-bond acceptors (Lipinski definition) is 15. The highest BCUT2D eigenvalue weighted by molar-refractivity contribution is 7.47. The normalized spacial score (nSPS) is 14.3. The van der Waals surface area contributed by atoms with Crippen LogP contribution < -0.4 is 0 Å². The zero-order valence-electron chi connectivity index (χ0n) is 61.3. The molecular formula is C75H146O17P2. The molecule has 0 aliphatic rings. The summed E-state index contributed by atoms with van der Waals surface area (Å²) >= 11 is 0. The number of phosphoric acid groups is 2. The summed E-state index contributed by atoms with van der Waals surface area (Å²) in [6.45, 7) is 9.54. The van der Waals surface area contributed by atoms with Gasteiger partial charge >= 0.3 is 39.5 Å². The molecule has 17 nitrogen and oxygen atoms in total. The van der Waals surface area contributed by atoms with E-state index in [2.05, 4.69) is 41.5 Å². The summed E-state index contributed by atoms with van der Waals surface area (Å²) < 4.78 is 68.4. The van der Waals surface area contributed by atoms with E-state index in [-0.39, 0.29) is 25.7 Å². The second kappa shape index (κ2) is 66.9. The standard InChI is InChI=1S/C75H146O17P2/c1-7-10-12-14-16-17-18-19-20-21-22-23-24-25-26-27-30-34-41-47-53-59-74(79)91-71(64-86-73(78)58-52-46-40-33-31-28-29-32-38-43-49-55-67(4)5)66-90-94(83,84)88-62-69(76)61-87-93(81,82)89-65-70(63-85-72(77)57-51-45-37-15-13-11-8-2)92-75(80)60-54-48-42-36-35-39-44-50-56-68(6)9-3/h67-71,76H,7-66H2,1-6H3,(H,81,82)(H,83,84)/t68?,69-,70+,71+/m0/s1. The predicted molar refractivity (Wildman–Crippen MR) is 381 cm³/mol. The Morgan fingerprint density at radius 3 is 0.809 bits per heavy atom. The smallest absolute Gasteiger partial charge is 0.462 e. The van der Waals surface area contributed by atoms with Crippen molar-refractivity contribution in [2.45, 2.75) is 407 Å². The van der Waals surface area contributed by atoms with Crippen molar-refractivity contribution in [1.82, 2.24) is 0 Å². The molecule has 0 fully saturated rings. The molecule has 3 unspecified atom stereocenters. The number of unbranched alkanes of at least 4 members (excludes halogenated alkanes) is 43. The summed E-state index contributed by atoms with van der Waals surface area (Å²) in [6, 6.07) is 0. The lowest BCUT2D eigenvalue weighted by Crippen LogP contribution is -2.30. The minimum atomic E-state index is -4.96. The van der Waals surface area contributed by atoms with E-state index in [1.165, 1.54) is 193 Å². The van der Waals surface area contributed by atoms with Gasteiger partial charge in [0.2, 0.25) is 0 Å². The molecule has 94 heavy (non-hydrogen) atoms. The van der Waals surface area contributed by atoms with Gasteiger partial charge in [0.05, 0.1) is 26.4 Å². The maximum atomic E-state index is 13.1. The molecule has 0 rings (SSSR count). The van der Waals surface area contributed by atoms with Gasteiger partial charge in [0, 0.05) is 25.7 Å². The summed E-state index contributed by atoms with van der Waals surface area (Å²) in [6.07, 6.45) is 54.3. The molecule has 0 saturated carbocycles. The lowest BCUT2D eigenvalue weighted by Gasteiger charge is -2.21. The lowest BCUT2D eigenvalue weighted by molar-refractivity contribution is -0.161. The fourth-order valence-corrected chi connectivity index (χ4v) is 13.0. The maximum Gasteiger partial charge on any atom is 0.472 e. The van der Waals surface area contributed by atoms with E-state index in [1.807, 2.05) is 0 Å². The molecule has 3 N–H and O–H groups in total. The third-order valence-corrected chi connectivity index (χ3v) is 19.7. The summed E-state index contributed by atoms with van der Waals surface area (Å²) in [7, 11) is -9.90. The van der Waals surface area contributed by atoms with Gasteiger partial charge in [-0.25, -0.2) is 9.13 Å². The monoisotopic (exact) mass is 1380 g/mol. The van der Waals surface area contributed by atoms with Crippen LogP contribution in [0.15, 0.2) is 0 Å². The third kappa shape index (κ3) is 67.3. The van der Waals surface area contributed by atoms with Gasteiger partial charge < -0.3 is 33.8 Å². The van der Waals surface area contributed by atoms with Crippen molar-refractivity contribution >= 4 is 39.5 Å². The van der Waals surface area contributed by atoms with Crippen LogP contribution in [0.4, 0.5) is 0 Å². The van der Waals surface area contributed by atoms with Crippen molar-refractivity contribution < 1.29 is 80.2 Å². The minimum Gasteiger partial charge on any atom is -0.462 e. The van der Waals surface area contributed by atoms with Crippen LogP contribution in [-0.2, 0) is 65.4 Å². The first-order chi connectivity index (χ1) is 45.4. The second-order valence-corrected chi connectivity index (χ2v) is 30.7. The average Bonchev–Trinajstić information content (AvgIpc) is 1.25. The Bertz CT molecular complexity index is 1820. The summed E-state index contributed by atoms with van der Waals surface area (Å²) in [5.74, 6) is -0.583. The first-order valence-corrected chi connectivity index (χ1v) is 42.0. The molecule has 0 aromatic rings. The number of hydrogen-bond donors (Lipinski definition) is 3. The van der Waals surface area contributed by atoms with Crippen molar-refractivity contribution in [2.24, 2.45) is 11.8 Å². The Labute approximate surface area is 575 Å². The van der Waals surface area contributed by atoms with Gasteiger partial charge in [-0.05, 0) is 37.5 Å². The highest BCUT2D eigenvalue weighted by atomic mass is 31.2. The van der Waals surface area contributed by atoms with E-state index in [9.17, 15) is 43.2 Å². The van der Waals surface area contributed by atoms with Crippen LogP contribution in [0.5, 0.6) is 0 Å². The number of esters is 4. The van der Waals surface area contributed by atoms with Crippen LogP contribution >= 0.6 is 15.6 Å². The Hall–Kier alpha value is -1.94. The molecule has 0 bridgehead atoms. The van der Waals surface area contributed by atoms with E-state index in [0.29, 0.717) is 25.7 Å². The van der Waals surface area contributed by atoms with Gasteiger partial charge in [0.1, 0.15) is 19.3 Å². The van der Waals surface area contributed by atoms with Crippen LogP contribution in [-0.4, -0.2) is 96.7 Å². The van der Waals surface area contributed by atoms with Gasteiger partial charge in [0.15, 0.2) is 12.2 Å². The molecule has 0 aromatic heterocycles. The molecule has 19 heteroatoms. The van der Waals surface area contributed by atoms with Gasteiger partial charge in [-0.15, -0.1) is 0 Å². The van der Waals surface area contributed by atoms with E-state index in [0.717, 1.165) is 115 Å². The van der Waals surface area contributed by atoms with E-state index >= 15 is 0 Å². The van der Waals surface area contributed by atoms with Gasteiger partial charge in [-0.2, -0.15) is 0 Å². The van der Waals surface area contributed by atoms with Crippen molar-refractivity contribution in [1.29, 1.82) is 0 Å². The molecule has 0 aromatic carbocycles. The quantitative estimate of drug-likeness (QED) is 0.0222. The second-order valence-electron chi connectivity index (χ2n) is 27.8. The summed E-state index contributed by atoms with van der Waals surface area (Å²) in [5.41, 5.74) is 0. The topological polar surface area (TPSA) is 237 Å². The van der Waals surface area contributed by atoms with Crippen molar-refractivity contribution in [3.05, 3.63) is 0 Å². The molecule has 0 aliphatic heterocycles. The third-order valence-electron chi connectivity index (χ3n) is 17.8. The van der Waals surface area contributed by atoms with E-state index in [1.54, 1.807) is 0 Å². The zero-order chi connectivity index (χ0) is 69.3. The van der Waals surface area contributed by atoms with Crippen LogP contribution in [0.25, 0.3) is 0 Å². The van der Waals surface area contributed by atoms with Crippen LogP contribution in [0.1, 0.15) is 388 Å². The van der Waals surface area contributed by atoms with Crippen molar-refractivity contribution in [3.8, 4) is 0 Å². The number of rotatable bonds is 74.